The van der Waals surface area contributed by atoms with Crippen LogP contribution in [0.25, 0.3) is 0 Å². The molecule has 8 heteroatoms. The average Bonchev–Trinajstić information content (AvgIpc) is 3.09. The minimum Gasteiger partial charge on any atom is -0.488 e. The smallest absolute Gasteiger partial charge is 0.358 e. The Morgan fingerprint density at radius 1 is 1.20 bits per heavy atom. The van der Waals surface area contributed by atoms with Gasteiger partial charge in [0.2, 0.25) is 0 Å². The van der Waals surface area contributed by atoms with E-state index in [-0.39, 0.29) is 30.5 Å². The van der Waals surface area contributed by atoms with E-state index in [0.29, 0.717) is 16.3 Å². The molecule has 1 heterocycles. The van der Waals surface area contributed by atoms with E-state index in [1.54, 1.807) is 35.9 Å². The van der Waals surface area contributed by atoms with E-state index in [2.05, 4.69) is 5.10 Å². The summed E-state index contributed by atoms with van der Waals surface area (Å²) in [6.45, 7) is 5.60. The maximum Gasteiger partial charge on any atom is 0.358 e. The first-order valence-corrected chi connectivity index (χ1v) is 9.77. The molecule has 0 N–H and O–H groups in total. The Balaban J connectivity index is 1.88. The molecule has 3 aromatic rings. The zero-order valence-corrected chi connectivity index (χ0v) is 17.5. The highest BCUT2D eigenvalue weighted by molar-refractivity contribution is 6.30. The highest BCUT2D eigenvalue weighted by atomic mass is 35.5. The third-order valence-corrected chi connectivity index (χ3v) is 4.83. The van der Waals surface area contributed by atoms with Crippen LogP contribution in [0.15, 0.2) is 42.5 Å². The van der Waals surface area contributed by atoms with Crippen LogP contribution in [0.4, 0.5) is 8.78 Å². The predicted molar refractivity (Wildman–Crippen MR) is 109 cm³/mol. The minimum atomic E-state index is -0.680. The van der Waals surface area contributed by atoms with E-state index < -0.39 is 17.6 Å². The van der Waals surface area contributed by atoms with Gasteiger partial charge in [-0.15, -0.1) is 0 Å². The lowest BCUT2D eigenvalue weighted by atomic mass is 10.1. The van der Waals surface area contributed by atoms with Crippen LogP contribution < -0.4 is 4.74 Å². The van der Waals surface area contributed by atoms with Gasteiger partial charge >= 0.3 is 5.97 Å². The van der Waals surface area contributed by atoms with Crippen LogP contribution in [0.2, 0.25) is 5.02 Å². The lowest BCUT2D eigenvalue weighted by Crippen LogP contribution is -2.13. The highest BCUT2D eigenvalue weighted by Gasteiger charge is 2.21. The number of ether oxygens (including phenoxy) is 2. The van der Waals surface area contributed by atoms with Crippen LogP contribution in [0.3, 0.4) is 0 Å². The van der Waals surface area contributed by atoms with Gasteiger partial charge in [-0.05, 0) is 57.2 Å². The average molecular weight is 435 g/mol. The molecule has 0 aliphatic rings. The van der Waals surface area contributed by atoms with Gasteiger partial charge in [0, 0.05) is 27.9 Å². The number of hydrogen-bond donors (Lipinski definition) is 0. The molecule has 30 heavy (non-hydrogen) atoms. The number of halogens is 3. The molecule has 3 rings (SSSR count). The van der Waals surface area contributed by atoms with Crippen molar-refractivity contribution in [2.45, 2.75) is 33.4 Å². The number of hydrogen-bond acceptors (Lipinski definition) is 4. The van der Waals surface area contributed by atoms with Crippen molar-refractivity contribution in [1.82, 2.24) is 9.78 Å². The van der Waals surface area contributed by atoms with E-state index in [9.17, 15) is 13.6 Å². The fourth-order valence-corrected chi connectivity index (χ4v) is 3.27. The molecule has 0 saturated heterocycles. The van der Waals surface area contributed by atoms with Crippen molar-refractivity contribution < 1.29 is 23.0 Å². The first kappa shape index (κ1) is 21.8. The number of esters is 1. The minimum absolute atomic E-state index is 0.0837. The Morgan fingerprint density at radius 3 is 2.67 bits per heavy atom. The molecule has 0 aliphatic carbocycles. The second-order valence-electron chi connectivity index (χ2n) is 6.72. The molecule has 1 atom stereocenters. The largest absolute Gasteiger partial charge is 0.488 e. The van der Waals surface area contributed by atoms with E-state index >= 15 is 0 Å². The van der Waals surface area contributed by atoms with Crippen LogP contribution in [0, 0.1) is 18.6 Å². The van der Waals surface area contributed by atoms with Crippen molar-refractivity contribution in [3.63, 3.8) is 0 Å². The van der Waals surface area contributed by atoms with Gasteiger partial charge < -0.3 is 9.47 Å². The van der Waals surface area contributed by atoms with Gasteiger partial charge in [-0.25, -0.2) is 13.6 Å². The van der Waals surface area contributed by atoms with Crippen molar-refractivity contribution >= 4 is 17.6 Å². The van der Waals surface area contributed by atoms with Crippen molar-refractivity contribution in [3.8, 4) is 5.75 Å². The molecule has 0 fully saturated rings. The van der Waals surface area contributed by atoms with E-state index in [4.69, 9.17) is 21.1 Å². The summed E-state index contributed by atoms with van der Waals surface area (Å²) in [6.07, 6.45) is 0. The summed E-state index contributed by atoms with van der Waals surface area (Å²) in [5.74, 6) is -1.35. The number of aromatic nitrogens is 2. The summed E-state index contributed by atoms with van der Waals surface area (Å²) in [5, 5.41) is 4.85. The molecule has 0 saturated carbocycles. The molecule has 2 aromatic carbocycles. The Hall–Kier alpha value is -2.93. The van der Waals surface area contributed by atoms with Crippen LogP contribution >= 0.6 is 11.6 Å². The van der Waals surface area contributed by atoms with Gasteiger partial charge in [0.15, 0.2) is 5.69 Å². The van der Waals surface area contributed by atoms with E-state index in [1.165, 1.54) is 12.1 Å². The van der Waals surface area contributed by atoms with Gasteiger partial charge in [0.1, 0.15) is 24.0 Å². The summed E-state index contributed by atoms with van der Waals surface area (Å²) >= 11 is 6.18. The molecule has 1 unspecified atom stereocenters. The Kier molecular flexibility index (Phi) is 6.72. The summed E-state index contributed by atoms with van der Waals surface area (Å²) in [5.41, 5.74) is 1.89. The number of rotatable bonds is 7. The van der Waals surface area contributed by atoms with Crippen LogP contribution in [0.1, 0.15) is 47.2 Å². The van der Waals surface area contributed by atoms with Gasteiger partial charge in [0.25, 0.3) is 0 Å². The molecule has 158 valence electrons. The van der Waals surface area contributed by atoms with Gasteiger partial charge in [-0.3, -0.25) is 4.68 Å². The molecule has 0 aliphatic heterocycles. The Labute approximate surface area is 178 Å². The lowest BCUT2D eigenvalue weighted by molar-refractivity contribution is 0.0518. The second kappa shape index (κ2) is 9.26. The zero-order valence-electron chi connectivity index (χ0n) is 16.8. The number of carbonyl (C=O) groups is 1. The SMILES string of the molecule is CCOC(=O)c1cc(C)n(C(C)c2cc(Cl)ccc2OCc2ccc(F)cc2F)n1. The van der Waals surface area contributed by atoms with Crippen molar-refractivity contribution in [3.05, 3.63) is 81.6 Å². The maximum absolute atomic E-state index is 13.9. The van der Waals surface area contributed by atoms with Gasteiger partial charge in [-0.2, -0.15) is 5.10 Å². The first-order valence-electron chi connectivity index (χ1n) is 9.39. The monoisotopic (exact) mass is 434 g/mol. The van der Waals surface area contributed by atoms with Crippen LogP contribution in [-0.2, 0) is 11.3 Å². The van der Waals surface area contributed by atoms with Crippen LogP contribution in [-0.4, -0.2) is 22.4 Å². The van der Waals surface area contributed by atoms with E-state index in [1.807, 2.05) is 13.8 Å². The third kappa shape index (κ3) is 4.79. The molecule has 5 nitrogen and oxygen atoms in total. The number of aryl methyl sites for hydroxylation is 1. The Bertz CT molecular complexity index is 1070. The Morgan fingerprint density at radius 2 is 1.97 bits per heavy atom. The molecule has 0 spiro atoms. The molecule has 0 radical (unpaired) electrons. The molecular weight excluding hydrogens is 414 g/mol. The summed E-state index contributed by atoms with van der Waals surface area (Å²) in [7, 11) is 0. The molecular formula is C22H21ClF2N2O3. The quantitative estimate of drug-likeness (QED) is 0.461. The lowest BCUT2D eigenvalue weighted by Gasteiger charge is -2.19. The van der Waals surface area contributed by atoms with Crippen molar-refractivity contribution in [2.24, 2.45) is 0 Å². The fraction of sp³-hybridized carbons (Fsp3) is 0.273. The summed E-state index contributed by atoms with van der Waals surface area (Å²) in [6, 6.07) is 9.72. The molecule has 1 aromatic heterocycles. The third-order valence-electron chi connectivity index (χ3n) is 4.59. The first-order chi connectivity index (χ1) is 14.3. The van der Waals surface area contributed by atoms with Crippen molar-refractivity contribution in [1.29, 1.82) is 0 Å². The summed E-state index contributed by atoms with van der Waals surface area (Å²) < 4.78 is 39.6. The molecule has 0 bridgehead atoms. The maximum atomic E-state index is 13.9. The van der Waals surface area contributed by atoms with Gasteiger partial charge in [-0.1, -0.05) is 11.6 Å². The summed E-state index contributed by atoms with van der Waals surface area (Å²) in [4.78, 5) is 12.0. The number of carbonyl (C=O) groups excluding carboxylic acids is 1. The van der Waals surface area contributed by atoms with E-state index in [0.717, 1.165) is 11.8 Å². The van der Waals surface area contributed by atoms with Crippen molar-refractivity contribution in [2.75, 3.05) is 6.61 Å². The number of benzene rings is 2. The standard InChI is InChI=1S/C22H21ClF2N2O3/c1-4-29-22(28)20-9-13(2)27(26-20)14(3)18-10-16(23)6-8-21(18)30-12-15-5-7-17(24)11-19(15)25/h5-11,14H,4,12H2,1-3H3. The second-order valence-corrected chi connectivity index (χ2v) is 7.15. The molecule has 0 amide bonds. The van der Waals surface area contributed by atoms with Gasteiger partial charge in [0.05, 0.1) is 12.6 Å². The zero-order chi connectivity index (χ0) is 21.8. The predicted octanol–water partition coefficient (Wildman–Crippen LogP) is 5.49. The highest BCUT2D eigenvalue weighted by Crippen LogP contribution is 2.32. The topological polar surface area (TPSA) is 53.4 Å². The number of nitrogens with zero attached hydrogens (tertiary/aromatic N) is 2. The normalized spacial score (nSPS) is 11.9. The fourth-order valence-electron chi connectivity index (χ4n) is 3.09. The van der Waals surface area contributed by atoms with Crippen LogP contribution in [0.5, 0.6) is 5.75 Å².